The van der Waals surface area contributed by atoms with Crippen LogP contribution in [-0.4, -0.2) is 5.75 Å². The van der Waals surface area contributed by atoms with Crippen LogP contribution in [0.5, 0.6) is 0 Å². The Bertz CT molecular complexity index is 410. The number of nitrogens with two attached hydrogens (primary N) is 1. The first kappa shape index (κ1) is 13.2. The molecule has 1 rings (SSSR count). The lowest BCUT2D eigenvalue weighted by Gasteiger charge is -2.14. The molecular weight excluding hydrogens is 240 g/mol. The van der Waals surface area contributed by atoms with Crippen LogP contribution in [0.2, 0.25) is 5.02 Å². The van der Waals surface area contributed by atoms with Gasteiger partial charge in [-0.25, -0.2) is 0 Å². The Morgan fingerprint density at radius 3 is 2.75 bits per heavy atom. The number of rotatable bonds is 4. The van der Waals surface area contributed by atoms with Gasteiger partial charge in [-0.15, -0.1) is 11.8 Å². The molecule has 0 atom stereocenters. The Morgan fingerprint density at radius 2 is 2.19 bits per heavy atom. The van der Waals surface area contributed by atoms with E-state index < -0.39 is 0 Å². The van der Waals surface area contributed by atoms with Gasteiger partial charge in [0, 0.05) is 10.6 Å². The molecule has 1 aromatic carbocycles. The van der Waals surface area contributed by atoms with Crippen molar-refractivity contribution in [2.75, 3.05) is 11.5 Å². The molecule has 0 bridgehead atoms. The minimum atomic E-state index is -0.271. The first-order valence-corrected chi connectivity index (χ1v) is 6.40. The van der Waals surface area contributed by atoms with E-state index in [0.717, 1.165) is 17.1 Å². The van der Waals surface area contributed by atoms with Gasteiger partial charge in [0.25, 0.3) is 0 Å². The Hall–Kier alpha value is -0.850. The van der Waals surface area contributed by atoms with Crippen LogP contribution in [0, 0.1) is 16.7 Å². The highest BCUT2D eigenvalue weighted by Crippen LogP contribution is 2.31. The first-order valence-electron chi connectivity index (χ1n) is 5.04. The van der Waals surface area contributed by atoms with Gasteiger partial charge in [-0.3, -0.25) is 0 Å². The minimum Gasteiger partial charge on any atom is -0.399 e. The number of nitriles is 1. The van der Waals surface area contributed by atoms with Crippen LogP contribution in [0.4, 0.5) is 5.69 Å². The Balaban J connectivity index is 2.53. The van der Waals surface area contributed by atoms with E-state index in [0.29, 0.717) is 10.7 Å². The maximum Gasteiger partial charge on any atom is 0.0684 e. The SMILES string of the molecule is CC(C)(C#N)CCSc1ccc(N)cc1Cl. The summed E-state index contributed by atoms with van der Waals surface area (Å²) in [7, 11) is 0. The number of hydrogen-bond donors (Lipinski definition) is 1. The van der Waals surface area contributed by atoms with Crippen molar-refractivity contribution in [2.24, 2.45) is 5.41 Å². The van der Waals surface area contributed by atoms with Crippen LogP contribution < -0.4 is 5.73 Å². The van der Waals surface area contributed by atoms with Gasteiger partial charge >= 0.3 is 0 Å². The molecule has 0 radical (unpaired) electrons. The molecule has 0 fully saturated rings. The van der Waals surface area contributed by atoms with E-state index in [1.54, 1.807) is 17.8 Å². The fourth-order valence-electron chi connectivity index (χ4n) is 1.11. The van der Waals surface area contributed by atoms with Crippen molar-refractivity contribution in [1.29, 1.82) is 5.26 Å². The second-order valence-corrected chi connectivity index (χ2v) is 5.83. The molecule has 2 nitrogen and oxygen atoms in total. The molecule has 0 aliphatic carbocycles. The van der Waals surface area contributed by atoms with E-state index in [1.807, 2.05) is 26.0 Å². The second kappa shape index (κ2) is 5.47. The number of hydrogen-bond acceptors (Lipinski definition) is 3. The van der Waals surface area contributed by atoms with Gasteiger partial charge in [0.15, 0.2) is 0 Å². The van der Waals surface area contributed by atoms with E-state index >= 15 is 0 Å². The van der Waals surface area contributed by atoms with Crippen molar-refractivity contribution in [2.45, 2.75) is 25.2 Å². The van der Waals surface area contributed by atoms with E-state index in [2.05, 4.69) is 6.07 Å². The van der Waals surface area contributed by atoms with Crippen LogP contribution in [-0.2, 0) is 0 Å². The van der Waals surface area contributed by atoms with Crippen LogP contribution in [0.1, 0.15) is 20.3 Å². The fourth-order valence-corrected chi connectivity index (χ4v) is 2.65. The monoisotopic (exact) mass is 254 g/mol. The molecule has 0 unspecified atom stereocenters. The summed E-state index contributed by atoms with van der Waals surface area (Å²) in [4.78, 5) is 1.02. The van der Waals surface area contributed by atoms with Gasteiger partial charge in [0.2, 0.25) is 0 Å². The predicted octanol–water partition coefficient (Wildman–Crippen LogP) is 3.95. The van der Waals surface area contributed by atoms with E-state index in [-0.39, 0.29) is 5.41 Å². The molecule has 2 N–H and O–H groups in total. The third kappa shape index (κ3) is 3.96. The lowest BCUT2D eigenvalue weighted by atomic mass is 9.93. The molecule has 0 aliphatic heterocycles. The van der Waals surface area contributed by atoms with Crippen LogP contribution in [0.3, 0.4) is 0 Å². The van der Waals surface area contributed by atoms with Crippen molar-refractivity contribution >= 4 is 29.1 Å². The highest BCUT2D eigenvalue weighted by Gasteiger charge is 2.16. The molecule has 86 valence electrons. The Labute approximate surface area is 106 Å². The highest BCUT2D eigenvalue weighted by molar-refractivity contribution is 7.99. The highest BCUT2D eigenvalue weighted by atomic mass is 35.5. The van der Waals surface area contributed by atoms with E-state index in [4.69, 9.17) is 22.6 Å². The minimum absolute atomic E-state index is 0.271. The maximum atomic E-state index is 8.88. The largest absolute Gasteiger partial charge is 0.399 e. The zero-order valence-corrected chi connectivity index (χ0v) is 11.0. The van der Waals surface area contributed by atoms with Crippen molar-refractivity contribution in [3.8, 4) is 6.07 Å². The third-order valence-electron chi connectivity index (χ3n) is 2.24. The van der Waals surface area contributed by atoms with Crippen LogP contribution in [0.15, 0.2) is 23.1 Å². The first-order chi connectivity index (χ1) is 7.44. The van der Waals surface area contributed by atoms with E-state index in [1.165, 1.54) is 0 Å². The van der Waals surface area contributed by atoms with Crippen molar-refractivity contribution in [3.63, 3.8) is 0 Å². The average molecular weight is 255 g/mol. The lowest BCUT2D eigenvalue weighted by Crippen LogP contribution is -2.08. The summed E-state index contributed by atoms with van der Waals surface area (Å²) in [6.07, 6.45) is 0.842. The van der Waals surface area contributed by atoms with Crippen LogP contribution in [0.25, 0.3) is 0 Å². The fraction of sp³-hybridized carbons (Fsp3) is 0.417. The molecule has 0 aliphatic rings. The summed E-state index contributed by atoms with van der Waals surface area (Å²) in [6, 6.07) is 7.79. The number of benzene rings is 1. The Morgan fingerprint density at radius 1 is 1.50 bits per heavy atom. The van der Waals surface area contributed by atoms with Crippen molar-refractivity contribution < 1.29 is 0 Å². The molecule has 1 aromatic rings. The average Bonchev–Trinajstić information content (AvgIpc) is 2.21. The standard InChI is InChI=1S/C12H15ClN2S/c1-12(2,8-14)5-6-16-11-4-3-9(15)7-10(11)13/h3-4,7H,5-6,15H2,1-2H3. The molecule has 0 spiro atoms. The molecule has 0 amide bonds. The summed E-state index contributed by atoms with van der Waals surface area (Å²) in [5.41, 5.74) is 6.01. The van der Waals surface area contributed by atoms with Gasteiger partial charge in [-0.1, -0.05) is 11.6 Å². The number of thioether (sulfide) groups is 1. The summed E-state index contributed by atoms with van der Waals surface area (Å²) in [6.45, 7) is 3.89. The zero-order valence-electron chi connectivity index (χ0n) is 9.46. The molecule has 4 heteroatoms. The second-order valence-electron chi connectivity index (χ2n) is 4.28. The quantitative estimate of drug-likeness (QED) is 0.654. The van der Waals surface area contributed by atoms with Crippen LogP contribution >= 0.6 is 23.4 Å². The zero-order chi connectivity index (χ0) is 12.2. The van der Waals surface area contributed by atoms with Gasteiger partial charge in [-0.2, -0.15) is 5.26 Å². The summed E-state index contributed by atoms with van der Waals surface area (Å²) in [5, 5.41) is 9.56. The molecule has 0 aromatic heterocycles. The normalized spacial score (nSPS) is 11.1. The Kier molecular flexibility index (Phi) is 4.52. The topological polar surface area (TPSA) is 49.8 Å². The molecule has 16 heavy (non-hydrogen) atoms. The molecule has 0 heterocycles. The van der Waals surface area contributed by atoms with E-state index in [9.17, 15) is 0 Å². The third-order valence-corrected chi connectivity index (χ3v) is 3.74. The summed E-state index contributed by atoms with van der Waals surface area (Å²) >= 11 is 7.71. The van der Waals surface area contributed by atoms with Crippen molar-refractivity contribution in [1.82, 2.24) is 0 Å². The number of anilines is 1. The van der Waals surface area contributed by atoms with Gasteiger partial charge in [0.05, 0.1) is 16.5 Å². The predicted molar refractivity (Wildman–Crippen MR) is 70.6 cm³/mol. The van der Waals surface area contributed by atoms with Gasteiger partial charge in [0.1, 0.15) is 0 Å². The molecule has 0 saturated heterocycles. The van der Waals surface area contributed by atoms with Gasteiger partial charge < -0.3 is 5.73 Å². The number of halogens is 1. The molecule has 0 saturated carbocycles. The smallest absolute Gasteiger partial charge is 0.0684 e. The molecular formula is C12H15ClN2S. The number of nitrogen functional groups attached to an aromatic ring is 1. The summed E-state index contributed by atoms with van der Waals surface area (Å²) < 4.78 is 0. The number of nitrogens with zero attached hydrogens (tertiary/aromatic N) is 1. The van der Waals surface area contributed by atoms with Crippen molar-refractivity contribution in [3.05, 3.63) is 23.2 Å². The summed E-state index contributed by atoms with van der Waals surface area (Å²) in [5.74, 6) is 0.879. The maximum absolute atomic E-state index is 8.88. The lowest BCUT2D eigenvalue weighted by molar-refractivity contribution is 0.482. The van der Waals surface area contributed by atoms with Gasteiger partial charge in [-0.05, 0) is 44.2 Å².